The van der Waals surface area contributed by atoms with E-state index in [1.807, 2.05) is 0 Å². The van der Waals surface area contributed by atoms with Crippen LogP contribution in [0.5, 0.6) is 0 Å². The molecule has 15 heavy (non-hydrogen) atoms. The molecule has 0 bridgehead atoms. The Morgan fingerprint density at radius 2 is 1.93 bits per heavy atom. The van der Waals surface area contributed by atoms with Crippen LogP contribution in [0.3, 0.4) is 0 Å². The molecule has 1 heterocycles. The summed E-state index contributed by atoms with van der Waals surface area (Å²) in [5, 5.41) is 2.06. The molecule has 1 aliphatic heterocycles. The highest BCUT2D eigenvalue weighted by Crippen LogP contribution is 2.20. The number of carbonyl (C=O) groups is 1. The van der Waals surface area contributed by atoms with Gasteiger partial charge in [-0.3, -0.25) is 10.2 Å². The first-order valence-electron chi connectivity index (χ1n) is 5.68. The van der Waals surface area contributed by atoms with E-state index in [2.05, 4.69) is 24.3 Å². The SMILES string of the molecule is COC(C)C(=O)NN1C(C)CCCC1C. The van der Waals surface area contributed by atoms with E-state index in [1.54, 1.807) is 14.0 Å². The molecule has 1 aliphatic rings. The zero-order valence-electron chi connectivity index (χ0n) is 10.1. The molecule has 0 aliphatic carbocycles. The van der Waals surface area contributed by atoms with Crippen LogP contribution in [0, 0.1) is 0 Å². The fraction of sp³-hybridized carbons (Fsp3) is 0.909. The van der Waals surface area contributed by atoms with Gasteiger partial charge in [-0.15, -0.1) is 0 Å². The van der Waals surface area contributed by atoms with Crippen molar-refractivity contribution in [3.63, 3.8) is 0 Å². The molecule has 3 atom stereocenters. The van der Waals surface area contributed by atoms with Crippen molar-refractivity contribution in [3.05, 3.63) is 0 Å². The quantitative estimate of drug-likeness (QED) is 0.770. The highest BCUT2D eigenvalue weighted by Gasteiger charge is 2.27. The van der Waals surface area contributed by atoms with Crippen molar-refractivity contribution in [2.75, 3.05) is 7.11 Å². The average Bonchev–Trinajstić information content (AvgIpc) is 2.22. The average molecular weight is 214 g/mol. The number of hydrogen-bond acceptors (Lipinski definition) is 3. The number of methoxy groups -OCH3 is 1. The van der Waals surface area contributed by atoms with Crippen LogP contribution in [0.2, 0.25) is 0 Å². The summed E-state index contributed by atoms with van der Waals surface area (Å²) in [7, 11) is 1.55. The Hall–Kier alpha value is -0.610. The van der Waals surface area contributed by atoms with Gasteiger partial charge < -0.3 is 4.74 Å². The van der Waals surface area contributed by atoms with Gasteiger partial charge in [-0.25, -0.2) is 5.01 Å². The van der Waals surface area contributed by atoms with Crippen LogP contribution in [0.4, 0.5) is 0 Å². The van der Waals surface area contributed by atoms with Crippen molar-refractivity contribution in [1.82, 2.24) is 10.4 Å². The zero-order chi connectivity index (χ0) is 11.4. The predicted molar refractivity (Wildman–Crippen MR) is 59.2 cm³/mol. The van der Waals surface area contributed by atoms with Gasteiger partial charge in [0.05, 0.1) is 0 Å². The van der Waals surface area contributed by atoms with Gasteiger partial charge in [-0.2, -0.15) is 0 Å². The number of amides is 1. The second kappa shape index (κ2) is 5.47. The minimum absolute atomic E-state index is 0.0573. The van der Waals surface area contributed by atoms with E-state index in [0.29, 0.717) is 12.1 Å². The molecule has 1 saturated heterocycles. The molecule has 0 aromatic carbocycles. The number of rotatable bonds is 3. The minimum atomic E-state index is -0.383. The van der Waals surface area contributed by atoms with Crippen molar-refractivity contribution in [1.29, 1.82) is 0 Å². The summed E-state index contributed by atoms with van der Waals surface area (Å²) in [6.45, 7) is 6.05. The topological polar surface area (TPSA) is 41.6 Å². The Morgan fingerprint density at radius 1 is 1.40 bits per heavy atom. The Bertz CT molecular complexity index is 211. The van der Waals surface area contributed by atoms with Crippen molar-refractivity contribution in [2.24, 2.45) is 0 Å². The van der Waals surface area contributed by atoms with Crippen LogP contribution < -0.4 is 5.43 Å². The summed E-state index contributed by atoms with van der Waals surface area (Å²) in [5.74, 6) is -0.0573. The molecule has 0 radical (unpaired) electrons. The van der Waals surface area contributed by atoms with Gasteiger partial charge in [0.2, 0.25) is 0 Å². The highest BCUT2D eigenvalue weighted by molar-refractivity contribution is 5.79. The minimum Gasteiger partial charge on any atom is -0.372 e. The Morgan fingerprint density at radius 3 is 2.40 bits per heavy atom. The third-order valence-corrected chi connectivity index (χ3v) is 3.16. The molecule has 4 heteroatoms. The van der Waals surface area contributed by atoms with Crippen molar-refractivity contribution < 1.29 is 9.53 Å². The molecule has 1 rings (SSSR count). The lowest BCUT2D eigenvalue weighted by atomic mass is 10.00. The Labute approximate surface area is 91.9 Å². The number of nitrogens with one attached hydrogen (secondary N) is 1. The Balaban J connectivity index is 2.51. The molecular formula is C11H22N2O2. The lowest BCUT2D eigenvalue weighted by molar-refractivity contribution is -0.138. The third-order valence-electron chi connectivity index (χ3n) is 3.16. The highest BCUT2D eigenvalue weighted by atomic mass is 16.5. The van der Waals surface area contributed by atoms with Crippen molar-refractivity contribution >= 4 is 5.91 Å². The number of piperidine rings is 1. The number of hydrogen-bond donors (Lipinski definition) is 1. The number of nitrogens with zero attached hydrogens (tertiary/aromatic N) is 1. The fourth-order valence-electron chi connectivity index (χ4n) is 1.97. The van der Waals surface area contributed by atoms with Crippen LogP contribution in [0.1, 0.15) is 40.0 Å². The van der Waals surface area contributed by atoms with E-state index in [0.717, 1.165) is 12.8 Å². The van der Waals surface area contributed by atoms with Crippen LogP contribution in [-0.4, -0.2) is 36.2 Å². The van der Waals surface area contributed by atoms with Crippen molar-refractivity contribution in [3.8, 4) is 0 Å². The molecule has 0 aromatic heterocycles. The Kier molecular flexibility index (Phi) is 4.54. The van der Waals surface area contributed by atoms with E-state index in [1.165, 1.54) is 6.42 Å². The van der Waals surface area contributed by atoms with E-state index < -0.39 is 0 Å². The van der Waals surface area contributed by atoms with Crippen LogP contribution in [0.25, 0.3) is 0 Å². The lowest BCUT2D eigenvalue weighted by Crippen LogP contribution is -2.56. The molecule has 3 unspecified atom stereocenters. The summed E-state index contributed by atoms with van der Waals surface area (Å²) in [5.41, 5.74) is 2.94. The van der Waals surface area contributed by atoms with Gasteiger partial charge in [-0.1, -0.05) is 6.42 Å². The van der Waals surface area contributed by atoms with Crippen LogP contribution in [-0.2, 0) is 9.53 Å². The second-order valence-electron chi connectivity index (χ2n) is 4.39. The first-order valence-corrected chi connectivity index (χ1v) is 5.68. The molecule has 0 spiro atoms. The molecule has 1 N–H and O–H groups in total. The number of carbonyl (C=O) groups excluding carboxylic acids is 1. The van der Waals surface area contributed by atoms with Gasteiger partial charge >= 0.3 is 0 Å². The van der Waals surface area contributed by atoms with E-state index >= 15 is 0 Å². The van der Waals surface area contributed by atoms with Crippen LogP contribution >= 0.6 is 0 Å². The summed E-state index contributed by atoms with van der Waals surface area (Å²) >= 11 is 0. The lowest BCUT2D eigenvalue weighted by Gasteiger charge is -2.39. The zero-order valence-corrected chi connectivity index (χ0v) is 10.1. The van der Waals surface area contributed by atoms with E-state index in [9.17, 15) is 4.79 Å². The monoisotopic (exact) mass is 214 g/mol. The normalized spacial score (nSPS) is 29.9. The maximum absolute atomic E-state index is 11.7. The fourth-order valence-corrected chi connectivity index (χ4v) is 1.97. The standard InChI is InChI=1S/C11H22N2O2/c1-8-6-5-7-9(2)13(8)12-11(14)10(3)15-4/h8-10H,5-7H2,1-4H3,(H,12,14). The van der Waals surface area contributed by atoms with Gasteiger partial charge in [0.15, 0.2) is 0 Å². The largest absolute Gasteiger partial charge is 0.372 e. The second-order valence-corrected chi connectivity index (χ2v) is 4.39. The molecule has 0 saturated carbocycles. The summed E-state index contributed by atoms with van der Waals surface area (Å²) in [4.78, 5) is 11.7. The predicted octanol–water partition coefficient (Wildman–Crippen LogP) is 1.32. The molecule has 1 amide bonds. The van der Waals surface area contributed by atoms with E-state index in [-0.39, 0.29) is 12.0 Å². The first-order chi connectivity index (χ1) is 7.06. The summed E-state index contributed by atoms with van der Waals surface area (Å²) < 4.78 is 4.99. The van der Waals surface area contributed by atoms with Gasteiger partial charge in [0.25, 0.3) is 5.91 Å². The van der Waals surface area contributed by atoms with E-state index in [4.69, 9.17) is 4.74 Å². The smallest absolute Gasteiger partial charge is 0.263 e. The van der Waals surface area contributed by atoms with Gasteiger partial charge in [-0.05, 0) is 33.6 Å². The molecule has 0 aromatic rings. The summed E-state index contributed by atoms with van der Waals surface area (Å²) in [6, 6.07) is 0.837. The molecule has 88 valence electrons. The summed E-state index contributed by atoms with van der Waals surface area (Å²) in [6.07, 6.45) is 3.15. The maximum Gasteiger partial charge on any atom is 0.263 e. The van der Waals surface area contributed by atoms with Crippen LogP contribution in [0.15, 0.2) is 0 Å². The van der Waals surface area contributed by atoms with Gasteiger partial charge in [0.1, 0.15) is 6.10 Å². The maximum atomic E-state index is 11.7. The van der Waals surface area contributed by atoms with Gasteiger partial charge in [0, 0.05) is 19.2 Å². The first kappa shape index (κ1) is 12.5. The molecule has 1 fully saturated rings. The number of hydrazine groups is 1. The molecular weight excluding hydrogens is 192 g/mol. The number of ether oxygens (including phenoxy) is 1. The van der Waals surface area contributed by atoms with Crippen molar-refractivity contribution in [2.45, 2.75) is 58.2 Å². The molecule has 4 nitrogen and oxygen atoms in total. The third kappa shape index (κ3) is 3.18.